The van der Waals surface area contributed by atoms with Crippen LogP contribution in [0, 0.1) is 39.4 Å². The zero-order valence-electron chi connectivity index (χ0n) is 66.8. The Kier molecular flexibility index (Phi) is 26.0. The molecule has 4 N–H and O–H groups in total. The van der Waals surface area contributed by atoms with E-state index in [0.29, 0.717) is 111 Å². The minimum atomic E-state index is -0.459. The monoisotopic (exact) mass is 1590 g/mol. The van der Waals surface area contributed by atoms with Crippen molar-refractivity contribution in [2.75, 3.05) is 63.4 Å². The molecule has 12 aromatic rings. The van der Waals surface area contributed by atoms with Crippen LogP contribution in [0.25, 0.3) is 58.1 Å². The molecule has 16 rings (SSSR count). The molecule has 0 amide bonds. The molecular weight excluding hydrogens is 1500 g/mol. The topological polar surface area (TPSA) is 202 Å². The second-order valence-electron chi connectivity index (χ2n) is 29.4. The summed E-state index contributed by atoms with van der Waals surface area (Å²) in [5, 5.41) is 18.5. The fourth-order valence-electron chi connectivity index (χ4n) is 14.8. The highest BCUT2D eigenvalue weighted by Crippen LogP contribution is 2.50. The maximum Gasteiger partial charge on any atom is 0.341 e. The fourth-order valence-corrected chi connectivity index (χ4v) is 15.4. The van der Waals surface area contributed by atoms with Crippen LogP contribution in [-0.4, -0.2) is 74.0 Å². The molecule has 0 radical (unpaired) electrons. The van der Waals surface area contributed by atoms with E-state index in [1.165, 1.54) is 25.5 Å². The van der Waals surface area contributed by atoms with Crippen LogP contribution in [0.3, 0.4) is 0 Å². The van der Waals surface area contributed by atoms with Crippen molar-refractivity contribution >= 4 is 119 Å². The van der Waals surface area contributed by atoms with E-state index >= 15 is 0 Å². The lowest BCUT2D eigenvalue weighted by molar-refractivity contribution is 0.0526. The Balaban J connectivity index is 0.000000135. The lowest BCUT2D eigenvalue weighted by Gasteiger charge is -2.17. The van der Waals surface area contributed by atoms with Crippen LogP contribution in [0.15, 0.2) is 146 Å². The number of benzene rings is 8. The van der Waals surface area contributed by atoms with Gasteiger partial charge in [-0.3, -0.25) is 19.9 Å². The van der Waals surface area contributed by atoms with E-state index in [9.17, 15) is 14.0 Å². The normalized spacial score (nSPS) is 13.3. The molecule has 8 aromatic carbocycles. The van der Waals surface area contributed by atoms with Crippen LogP contribution < -0.4 is 40.2 Å². The van der Waals surface area contributed by atoms with E-state index in [-0.39, 0.29) is 12.4 Å². The highest BCUT2D eigenvalue weighted by atomic mass is 35.5. The third-order valence-corrected chi connectivity index (χ3v) is 22.0. The van der Waals surface area contributed by atoms with Crippen molar-refractivity contribution in [2.45, 2.75) is 149 Å². The molecule has 19 nitrogen and oxygen atoms in total. The van der Waals surface area contributed by atoms with E-state index < -0.39 is 11.9 Å². The zero-order valence-corrected chi connectivity index (χ0v) is 68.3. The number of fused-ring (bicyclic) bond motifs is 4. The van der Waals surface area contributed by atoms with Crippen LogP contribution in [0.4, 0.5) is 44.2 Å². The first kappa shape index (κ1) is 81.7. The van der Waals surface area contributed by atoms with E-state index in [1.54, 1.807) is 66.0 Å². The number of pyridine rings is 4. The molecule has 4 aliphatic rings. The van der Waals surface area contributed by atoms with Crippen molar-refractivity contribution in [3.63, 3.8) is 0 Å². The average Bonchev–Trinajstić information content (AvgIpc) is 1.51. The number of hydrogen-bond donors (Lipinski definition) is 4. The predicted molar refractivity (Wildman–Crippen MR) is 460 cm³/mol. The Morgan fingerprint density at radius 3 is 1.06 bits per heavy atom. The summed E-state index contributed by atoms with van der Waals surface area (Å²) in [6, 6.07) is 38.2. The summed E-state index contributed by atoms with van der Waals surface area (Å²) in [4.78, 5) is 54.7. The molecule has 4 aromatic heterocycles. The van der Waals surface area contributed by atoms with Crippen LogP contribution in [0.2, 0.25) is 10.0 Å². The molecule has 4 aliphatic carbocycles. The lowest BCUT2D eigenvalue weighted by Crippen LogP contribution is -2.11. The molecule has 4 fully saturated rings. The second-order valence-corrected chi connectivity index (χ2v) is 30.2. The van der Waals surface area contributed by atoms with Crippen LogP contribution >= 0.6 is 23.2 Å². The van der Waals surface area contributed by atoms with Crippen molar-refractivity contribution in [2.24, 2.45) is 0 Å². The van der Waals surface area contributed by atoms with Crippen LogP contribution in [-0.2, 0) is 48.5 Å². The highest BCUT2D eigenvalue weighted by molar-refractivity contribution is 6.32. The van der Waals surface area contributed by atoms with Crippen molar-refractivity contribution in [3.8, 4) is 23.0 Å². The number of methoxy groups -OCH3 is 5. The van der Waals surface area contributed by atoms with Crippen molar-refractivity contribution in [1.82, 2.24) is 19.9 Å². The van der Waals surface area contributed by atoms with Gasteiger partial charge in [-0.1, -0.05) is 91.6 Å². The number of rotatable bonds is 25. The third-order valence-electron chi connectivity index (χ3n) is 21.4. The number of nitrogens with one attached hydrogen (secondary N) is 4. The van der Waals surface area contributed by atoms with Gasteiger partial charge in [-0.15, -0.1) is 0 Å². The number of carbonyl (C=O) groups is 2. The van der Waals surface area contributed by atoms with Crippen LogP contribution in [0.1, 0.15) is 183 Å². The zero-order chi connectivity index (χ0) is 81.8. The van der Waals surface area contributed by atoms with Gasteiger partial charge in [0, 0.05) is 83.9 Å². The summed E-state index contributed by atoms with van der Waals surface area (Å²) >= 11 is 12.5. The minimum absolute atomic E-state index is 0.199. The van der Waals surface area contributed by atoms with Crippen molar-refractivity contribution < 1.29 is 42.4 Å². The first-order chi connectivity index (χ1) is 56.3. The van der Waals surface area contributed by atoms with Gasteiger partial charge in [0.1, 0.15) is 39.9 Å². The first-order valence-corrected chi connectivity index (χ1v) is 39.9. The van der Waals surface area contributed by atoms with Gasteiger partial charge in [0.05, 0.1) is 105 Å². The molecule has 0 aliphatic heterocycles. The Hall–Kier alpha value is -12.3. The Morgan fingerprint density at radius 1 is 0.422 bits per heavy atom. The standard InChI is InChI=1S/C25H25N3O3.C24H23N3O3.C23H22ClN3O.C22H22ClFN2O/c1-5-31-25(29)21-14-28-23-19(17-7-8-17)11-18(26-3)12-20(23)24(21)27-13-16-6-9-22(30-4)15(2)10-16;1-14-9-15(5-8-21(14)29-3)12-26-23-19-11-17(25-2)10-18(16-6-7-16)22(19)27-13-20(23)24(28)30-4;1-4-15-13-27-23-18(16-6-7-16)10-17(25-2)11-19(23)22(15)26-12-14-5-8-21(28-3)20(24)9-14;1-3-14-12-26-22-17(15-5-6-15)9-16(24)10-18(22)21(14)25-11-13-4-7-20(27-2)19(23)8-13/h6,9-12,14,17H,5,7-8,13H2,1-2,4H3,(H,27,28);5,8-11,13,16H,6-7,12H2,1,3-4H3,(H,26,27);5,8-11,13,16H,4,6-7,12H2,1,3H3,(H,26,27);4,7-10,12,15H,3,5-6,11H2,1-2H3,(H,25,26). The molecule has 0 unspecified atom stereocenters. The molecule has 0 saturated heterocycles. The van der Waals surface area contributed by atoms with Gasteiger partial charge in [-0.25, -0.2) is 28.5 Å². The second kappa shape index (κ2) is 36.9. The molecular formula is C94H92Cl2FN11O8. The molecule has 0 bridgehead atoms. The summed E-state index contributed by atoms with van der Waals surface area (Å²) < 4.78 is 45.7. The minimum Gasteiger partial charge on any atom is -0.496 e. The average molecular weight is 1590 g/mol. The van der Waals surface area contributed by atoms with E-state index in [1.807, 2.05) is 123 Å². The summed E-state index contributed by atoms with van der Waals surface area (Å²) in [6.07, 6.45) is 17.7. The van der Waals surface area contributed by atoms with Crippen molar-refractivity contribution in [1.29, 1.82) is 0 Å². The summed E-state index contributed by atoms with van der Waals surface area (Å²) in [5.74, 6) is 3.75. The molecule has 4 saturated carbocycles. The first-order valence-electron chi connectivity index (χ1n) is 39.1. The number of aryl methyl sites for hydroxylation is 4. The summed E-state index contributed by atoms with van der Waals surface area (Å²) in [6.45, 7) is 35.0. The lowest BCUT2D eigenvalue weighted by atomic mass is 10.0. The van der Waals surface area contributed by atoms with Gasteiger partial charge in [0.2, 0.25) is 0 Å². The maximum absolute atomic E-state index is 14.3. The number of esters is 2. The largest absolute Gasteiger partial charge is 0.496 e. The Bertz CT molecular complexity index is 5880. The summed E-state index contributed by atoms with van der Waals surface area (Å²) in [7, 11) is 7.87. The van der Waals surface area contributed by atoms with Gasteiger partial charge in [0.25, 0.3) is 0 Å². The Labute approximate surface area is 686 Å². The van der Waals surface area contributed by atoms with Gasteiger partial charge < -0.3 is 49.7 Å². The van der Waals surface area contributed by atoms with Gasteiger partial charge in [-0.2, -0.15) is 0 Å². The number of aromatic nitrogens is 4. The van der Waals surface area contributed by atoms with Gasteiger partial charge in [0.15, 0.2) is 17.1 Å². The number of halogens is 3. The third kappa shape index (κ3) is 18.7. The summed E-state index contributed by atoms with van der Waals surface area (Å²) in [5.41, 5.74) is 22.4. The van der Waals surface area contributed by atoms with Crippen molar-refractivity contribution in [3.05, 3.63) is 274 Å². The predicted octanol–water partition coefficient (Wildman–Crippen LogP) is 23.7. The van der Waals surface area contributed by atoms with Gasteiger partial charge >= 0.3 is 11.9 Å². The van der Waals surface area contributed by atoms with E-state index in [2.05, 4.69) is 70.7 Å². The number of anilines is 4. The SMILES string of the molecule is CCc1cnc2c(C3CC3)cc(F)cc2c1NCc1ccc(OC)c(Cl)c1.[C-]#[N+]c1cc(C2CC2)c2ncc(C(=O)OC)c(NCc3ccc(OC)c(C)c3)c2c1.[C-]#[N+]c1cc(C2CC2)c2ncc(C(=O)OCC)c(NCc3ccc(OC)c(C)c3)c2c1.[C-]#[N+]c1cc(C2CC2)c2ncc(CC)c(NCc3ccc(OC)c(Cl)c3)c2c1. The highest BCUT2D eigenvalue weighted by Gasteiger charge is 2.32. The van der Waals surface area contributed by atoms with Gasteiger partial charge in [-0.05, 0) is 242 Å². The van der Waals surface area contributed by atoms with E-state index in [4.69, 9.17) is 76.3 Å². The smallest absolute Gasteiger partial charge is 0.341 e. The molecule has 592 valence electrons. The van der Waals surface area contributed by atoms with Crippen LogP contribution in [0.5, 0.6) is 23.0 Å². The van der Waals surface area contributed by atoms with E-state index in [0.717, 1.165) is 179 Å². The molecule has 116 heavy (non-hydrogen) atoms. The maximum atomic E-state index is 14.3. The number of hydrogen-bond acceptors (Lipinski definition) is 16. The molecule has 22 heteroatoms. The Morgan fingerprint density at radius 2 is 0.741 bits per heavy atom. The number of carbonyl (C=O) groups excluding carboxylic acids is 2. The molecule has 4 heterocycles. The fraction of sp³-hybridized carbons (Fsp3) is 0.309. The molecule has 0 spiro atoms. The number of ether oxygens (including phenoxy) is 6. The quantitative estimate of drug-likeness (QED) is 0.0310. The number of nitrogens with zero attached hydrogens (tertiary/aromatic N) is 7. The molecule has 0 atom stereocenters.